The van der Waals surface area contributed by atoms with E-state index in [1.54, 1.807) is 0 Å². The lowest BCUT2D eigenvalue weighted by Gasteiger charge is -2.25. The summed E-state index contributed by atoms with van der Waals surface area (Å²) in [6.45, 7) is 0. The summed E-state index contributed by atoms with van der Waals surface area (Å²) < 4.78 is 52.8. The summed E-state index contributed by atoms with van der Waals surface area (Å²) in [5, 5.41) is 0. The highest BCUT2D eigenvalue weighted by Crippen LogP contribution is 2.25. The molecule has 1 aliphatic carbocycles. The van der Waals surface area contributed by atoms with Crippen LogP contribution in [0.3, 0.4) is 0 Å². The molecule has 0 heterocycles. The molecule has 1 aliphatic rings. The standard InChI is InChI=1S/C12H14BrF2NO2S/c13-8-1-4-10(5-2-8)16-19(17,18)12-6-3-9(14)7-11(12)15/h3,6-8,10,16H,1-2,4-5H2. The predicted octanol–water partition coefficient (Wildman–Crippen LogP) is 2.95. The molecule has 7 heteroatoms. The van der Waals surface area contributed by atoms with Crippen molar-refractivity contribution in [3.05, 3.63) is 29.8 Å². The van der Waals surface area contributed by atoms with Crippen molar-refractivity contribution in [3.8, 4) is 0 Å². The molecular formula is C12H14BrF2NO2S. The molecule has 1 N–H and O–H groups in total. The molecule has 0 radical (unpaired) electrons. The van der Waals surface area contributed by atoms with Crippen molar-refractivity contribution in [1.82, 2.24) is 4.72 Å². The van der Waals surface area contributed by atoms with Crippen molar-refractivity contribution in [3.63, 3.8) is 0 Å². The Balaban J connectivity index is 2.14. The molecule has 1 fully saturated rings. The summed E-state index contributed by atoms with van der Waals surface area (Å²) in [6.07, 6.45) is 3.16. The largest absolute Gasteiger partial charge is 0.243 e. The lowest BCUT2D eigenvalue weighted by molar-refractivity contribution is 0.421. The minimum absolute atomic E-state index is 0.191. The van der Waals surface area contributed by atoms with Gasteiger partial charge in [0.05, 0.1) is 0 Å². The molecule has 1 saturated carbocycles. The number of halogens is 3. The predicted molar refractivity (Wildman–Crippen MR) is 71.7 cm³/mol. The maximum absolute atomic E-state index is 13.5. The first kappa shape index (κ1) is 14.9. The highest BCUT2D eigenvalue weighted by molar-refractivity contribution is 9.09. The van der Waals surface area contributed by atoms with E-state index in [1.165, 1.54) is 0 Å². The van der Waals surface area contributed by atoms with Crippen molar-refractivity contribution in [2.24, 2.45) is 0 Å². The molecule has 0 aromatic heterocycles. The summed E-state index contributed by atoms with van der Waals surface area (Å²) in [5.41, 5.74) is 0. The second-order valence-electron chi connectivity index (χ2n) is 4.64. The number of sulfonamides is 1. The topological polar surface area (TPSA) is 46.2 Å². The van der Waals surface area contributed by atoms with Gasteiger partial charge in [0, 0.05) is 16.9 Å². The van der Waals surface area contributed by atoms with Crippen LogP contribution < -0.4 is 4.72 Å². The third kappa shape index (κ3) is 3.73. The van der Waals surface area contributed by atoms with E-state index in [-0.39, 0.29) is 6.04 Å². The molecule has 0 atom stereocenters. The Hall–Kier alpha value is -0.530. The Morgan fingerprint density at radius 2 is 1.79 bits per heavy atom. The fourth-order valence-electron chi connectivity index (χ4n) is 2.15. The molecule has 3 nitrogen and oxygen atoms in total. The van der Waals surface area contributed by atoms with E-state index in [2.05, 4.69) is 20.7 Å². The molecule has 0 unspecified atom stereocenters. The van der Waals surface area contributed by atoms with Crippen molar-refractivity contribution < 1.29 is 17.2 Å². The van der Waals surface area contributed by atoms with Crippen LogP contribution in [-0.4, -0.2) is 19.3 Å². The van der Waals surface area contributed by atoms with Crippen molar-refractivity contribution in [2.75, 3.05) is 0 Å². The van der Waals surface area contributed by atoms with Gasteiger partial charge in [-0.2, -0.15) is 0 Å². The highest BCUT2D eigenvalue weighted by atomic mass is 79.9. The summed E-state index contributed by atoms with van der Waals surface area (Å²) in [6, 6.07) is 2.27. The van der Waals surface area contributed by atoms with E-state index in [0.29, 0.717) is 23.7 Å². The Morgan fingerprint density at radius 1 is 1.16 bits per heavy atom. The number of nitrogens with one attached hydrogen (secondary N) is 1. The molecule has 0 bridgehead atoms. The molecule has 0 saturated heterocycles. The van der Waals surface area contributed by atoms with E-state index in [1.807, 2.05) is 0 Å². The van der Waals surface area contributed by atoms with Crippen LogP contribution in [0.5, 0.6) is 0 Å². The first-order valence-electron chi connectivity index (χ1n) is 6.00. The first-order chi connectivity index (χ1) is 8.88. The zero-order valence-electron chi connectivity index (χ0n) is 10.1. The summed E-state index contributed by atoms with van der Waals surface area (Å²) >= 11 is 3.48. The fourth-order valence-corrected chi connectivity index (χ4v) is 4.04. The molecular weight excluding hydrogens is 340 g/mol. The minimum atomic E-state index is -3.93. The van der Waals surface area contributed by atoms with E-state index < -0.39 is 26.6 Å². The van der Waals surface area contributed by atoms with Crippen LogP contribution in [0.2, 0.25) is 0 Å². The molecule has 2 rings (SSSR count). The maximum atomic E-state index is 13.5. The molecule has 106 valence electrons. The van der Waals surface area contributed by atoms with Crippen LogP contribution >= 0.6 is 15.9 Å². The number of rotatable bonds is 3. The van der Waals surface area contributed by atoms with Gasteiger partial charge in [-0.25, -0.2) is 21.9 Å². The maximum Gasteiger partial charge on any atom is 0.243 e. The molecule has 1 aromatic rings. The number of benzene rings is 1. The third-order valence-corrected chi connectivity index (χ3v) is 5.63. The van der Waals surface area contributed by atoms with E-state index in [4.69, 9.17) is 0 Å². The van der Waals surface area contributed by atoms with Gasteiger partial charge in [-0.3, -0.25) is 0 Å². The van der Waals surface area contributed by atoms with Gasteiger partial charge in [0.25, 0.3) is 0 Å². The van der Waals surface area contributed by atoms with Crippen LogP contribution in [0, 0.1) is 11.6 Å². The lowest BCUT2D eigenvalue weighted by Crippen LogP contribution is -2.38. The monoisotopic (exact) mass is 353 g/mol. The Morgan fingerprint density at radius 3 is 2.37 bits per heavy atom. The van der Waals surface area contributed by atoms with Crippen molar-refractivity contribution >= 4 is 26.0 Å². The minimum Gasteiger partial charge on any atom is -0.208 e. The molecule has 19 heavy (non-hydrogen) atoms. The van der Waals surface area contributed by atoms with Gasteiger partial charge in [-0.05, 0) is 37.8 Å². The van der Waals surface area contributed by atoms with Gasteiger partial charge < -0.3 is 0 Å². The zero-order chi connectivity index (χ0) is 14.0. The zero-order valence-corrected chi connectivity index (χ0v) is 12.5. The molecule has 0 aliphatic heterocycles. The van der Waals surface area contributed by atoms with Crippen molar-refractivity contribution in [1.29, 1.82) is 0 Å². The van der Waals surface area contributed by atoms with Gasteiger partial charge in [0.2, 0.25) is 10.0 Å². The summed E-state index contributed by atoms with van der Waals surface area (Å²) in [7, 11) is -3.93. The highest BCUT2D eigenvalue weighted by Gasteiger charge is 2.26. The average molecular weight is 354 g/mol. The second kappa shape index (κ2) is 5.85. The number of hydrogen-bond acceptors (Lipinski definition) is 2. The lowest BCUT2D eigenvalue weighted by atomic mass is 9.96. The van der Waals surface area contributed by atoms with Crippen LogP contribution in [0.25, 0.3) is 0 Å². The second-order valence-corrected chi connectivity index (χ2v) is 7.62. The first-order valence-corrected chi connectivity index (χ1v) is 8.40. The quantitative estimate of drug-likeness (QED) is 0.849. The molecule has 0 amide bonds. The Kier molecular flexibility index (Phi) is 4.58. The Labute approximate surface area is 119 Å². The van der Waals surface area contributed by atoms with Crippen LogP contribution in [0.15, 0.2) is 23.1 Å². The third-order valence-electron chi connectivity index (χ3n) is 3.16. The molecule has 0 spiro atoms. The van der Waals surface area contributed by atoms with E-state index in [9.17, 15) is 17.2 Å². The van der Waals surface area contributed by atoms with Gasteiger partial charge in [0.1, 0.15) is 16.5 Å². The van der Waals surface area contributed by atoms with E-state index >= 15 is 0 Å². The number of alkyl halides is 1. The van der Waals surface area contributed by atoms with Gasteiger partial charge in [-0.1, -0.05) is 15.9 Å². The van der Waals surface area contributed by atoms with Gasteiger partial charge in [0.15, 0.2) is 0 Å². The normalized spacial score (nSPS) is 24.4. The SMILES string of the molecule is O=S(=O)(NC1CCC(Br)CC1)c1ccc(F)cc1F. The number of hydrogen-bond donors (Lipinski definition) is 1. The molecule has 1 aromatic carbocycles. The van der Waals surface area contributed by atoms with Gasteiger partial charge in [-0.15, -0.1) is 0 Å². The fraction of sp³-hybridized carbons (Fsp3) is 0.500. The summed E-state index contributed by atoms with van der Waals surface area (Å²) in [5.74, 6) is -1.86. The average Bonchev–Trinajstić information content (AvgIpc) is 2.31. The van der Waals surface area contributed by atoms with Crippen LogP contribution in [-0.2, 0) is 10.0 Å². The smallest absolute Gasteiger partial charge is 0.208 e. The Bertz CT molecular complexity index is 557. The van der Waals surface area contributed by atoms with Crippen LogP contribution in [0.1, 0.15) is 25.7 Å². The van der Waals surface area contributed by atoms with Crippen molar-refractivity contribution in [2.45, 2.75) is 41.4 Å². The van der Waals surface area contributed by atoms with E-state index in [0.717, 1.165) is 25.0 Å². The van der Waals surface area contributed by atoms with Crippen LogP contribution in [0.4, 0.5) is 8.78 Å². The van der Waals surface area contributed by atoms with Gasteiger partial charge >= 0.3 is 0 Å². The summed E-state index contributed by atoms with van der Waals surface area (Å²) in [4.78, 5) is -0.0920.